The van der Waals surface area contributed by atoms with Gasteiger partial charge in [-0.3, -0.25) is 4.79 Å². The minimum absolute atomic E-state index is 0.236. The van der Waals surface area contributed by atoms with Gasteiger partial charge in [-0.05, 0) is 178 Å². The Morgan fingerprint density at radius 2 is 1.45 bits per heavy atom. The summed E-state index contributed by atoms with van der Waals surface area (Å²) < 4.78 is 19.6. The first-order valence-electron chi connectivity index (χ1n) is 10.5. The number of benzene rings is 2. The molecule has 0 radical (unpaired) electrons. The molecular formula is C24H26I6O3. The van der Waals surface area contributed by atoms with Crippen LogP contribution in [0.25, 0.3) is 0 Å². The normalized spacial score (nSPS) is 20.5. The number of halogens is 6. The Bertz CT molecular complexity index is 964. The smallest absolute Gasteiger partial charge is 0.185 e. The van der Waals surface area contributed by atoms with Gasteiger partial charge in [-0.25, -0.2) is 0 Å². The standard InChI is InChI=1S/C17H23I3O2.C7H3I3O/c1-9(2)5-12-8-15(10(3)4)22-17(21-12)13-6-11(18)7-14(19)16(13)20;8-5-1-4(3-11)7(10)6(9)2-5/h6-7,9-10,12,15,17H,5,8H2,1-4H3;1-3H. The van der Waals surface area contributed by atoms with Crippen LogP contribution in [0.5, 0.6) is 0 Å². The largest absolute Gasteiger partial charge is 0.345 e. The Hall–Kier alpha value is 2.41. The maximum atomic E-state index is 10.5. The van der Waals surface area contributed by atoms with E-state index in [9.17, 15) is 4.79 Å². The van der Waals surface area contributed by atoms with Gasteiger partial charge < -0.3 is 9.47 Å². The van der Waals surface area contributed by atoms with E-state index >= 15 is 0 Å². The van der Waals surface area contributed by atoms with E-state index in [0.29, 0.717) is 11.8 Å². The molecule has 3 atom stereocenters. The first-order valence-corrected chi connectivity index (χ1v) is 16.9. The monoisotopic (exact) mass is 1120 g/mol. The predicted octanol–water partition coefficient (Wildman–Crippen LogP) is 9.69. The number of rotatable bonds is 5. The molecule has 3 rings (SSSR count). The summed E-state index contributed by atoms with van der Waals surface area (Å²) in [6.45, 7) is 9.00. The van der Waals surface area contributed by atoms with Crippen LogP contribution in [0.2, 0.25) is 0 Å². The Kier molecular flexibility index (Phi) is 14.5. The summed E-state index contributed by atoms with van der Waals surface area (Å²) in [7, 11) is 0. The summed E-state index contributed by atoms with van der Waals surface area (Å²) in [5.41, 5.74) is 1.96. The van der Waals surface area contributed by atoms with Gasteiger partial charge in [-0.15, -0.1) is 0 Å². The second-order valence-electron chi connectivity index (χ2n) is 8.57. The second-order valence-corrected chi connectivity index (χ2v) is 15.5. The molecule has 33 heavy (non-hydrogen) atoms. The van der Waals surface area contributed by atoms with E-state index in [0.717, 1.165) is 35.4 Å². The topological polar surface area (TPSA) is 35.5 Å². The summed E-state index contributed by atoms with van der Waals surface area (Å²) in [5.74, 6) is 1.16. The first-order chi connectivity index (χ1) is 15.4. The molecule has 0 amide bonds. The lowest BCUT2D eigenvalue weighted by Crippen LogP contribution is -2.37. The molecule has 3 unspecified atom stereocenters. The van der Waals surface area contributed by atoms with Crippen molar-refractivity contribution < 1.29 is 14.3 Å². The molecule has 0 bridgehead atoms. The fourth-order valence-electron chi connectivity index (χ4n) is 3.40. The highest BCUT2D eigenvalue weighted by Gasteiger charge is 2.34. The Morgan fingerprint density at radius 3 is 2.00 bits per heavy atom. The summed E-state index contributed by atoms with van der Waals surface area (Å²) in [5, 5.41) is 0. The second kappa shape index (κ2) is 15.1. The highest BCUT2D eigenvalue weighted by Crippen LogP contribution is 2.38. The van der Waals surface area contributed by atoms with Crippen molar-refractivity contribution in [2.24, 2.45) is 11.8 Å². The van der Waals surface area contributed by atoms with Crippen LogP contribution >= 0.6 is 136 Å². The van der Waals surface area contributed by atoms with Crippen molar-refractivity contribution in [2.45, 2.75) is 59.0 Å². The van der Waals surface area contributed by atoms with E-state index in [1.165, 1.54) is 16.3 Å². The third-order valence-electron chi connectivity index (χ3n) is 5.01. The molecule has 1 heterocycles. The van der Waals surface area contributed by atoms with Crippen LogP contribution < -0.4 is 0 Å². The van der Waals surface area contributed by atoms with Crippen molar-refractivity contribution in [1.82, 2.24) is 0 Å². The van der Waals surface area contributed by atoms with E-state index in [2.05, 4.69) is 181 Å². The molecule has 1 aliphatic rings. The van der Waals surface area contributed by atoms with Crippen LogP contribution in [0, 0.1) is 33.3 Å². The van der Waals surface area contributed by atoms with Crippen molar-refractivity contribution in [1.29, 1.82) is 0 Å². The molecule has 1 fully saturated rings. The molecule has 0 N–H and O–H groups in total. The minimum atomic E-state index is -0.236. The Labute approximate surface area is 279 Å². The number of ether oxygens (including phenoxy) is 2. The van der Waals surface area contributed by atoms with Crippen molar-refractivity contribution in [3.8, 4) is 0 Å². The molecule has 3 nitrogen and oxygen atoms in total. The number of aldehydes is 1. The molecule has 0 saturated carbocycles. The van der Waals surface area contributed by atoms with E-state index < -0.39 is 0 Å². The van der Waals surface area contributed by atoms with Gasteiger partial charge in [0.15, 0.2) is 12.6 Å². The number of hydrogen-bond donors (Lipinski definition) is 0. The predicted molar refractivity (Wildman–Crippen MR) is 186 cm³/mol. The summed E-state index contributed by atoms with van der Waals surface area (Å²) in [6, 6.07) is 8.33. The lowest BCUT2D eigenvalue weighted by molar-refractivity contribution is -0.258. The van der Waals surface area contributed by atoms with Crippen molar-refractivity contribution >= 4 is 142 Å². The van der Waals surface area contributed by atoms with Crippen LogP contribution in [-0.4, -0.2) is 18.5 Å². The molecule has 9 heteroatoms. The lowest BCUT2D eigenvalue weighted by atomic mass is 9.94. The molecule has 182 valence electrons. The maximum Gasteiger partial charge on any atom is 0.185 e. The van der Waals surface area contributed by atoms with Crippen molar-refractivity contribution in [2.75, 3.05) is 0 Å². The van der Waals surface area contributed by atoms with Gasteiger partial charge in [-0.1, -0.05) is 27.7 Å². The molecule has 1 aliphatic heterocycles. The zero-order valence-electron chi connectivity index (χ0n) is 18.7. The van der Waals surface area contributed by atoms with Gasteiger partial charge in [0.05, 0.1) is 12.2 Å². The zero-order valence-corrected chi connectivity index (χ0v) is 31.6. The minimum Gasteiger partial charge on any atom is -0.345 e. The molecule has 2 aromatic rings. The molecule has 1 saturated heterocycles. The van der Waals surface area contributed by atoms with Crippen molar-refractivity contribution in [3.05, 3.63) is 56.8 Å². The zero-order chi connectivity index (χ0) is 24.9. The fourth-order valence-corrected chi connectivity index (χ4v) is 8.18. The average molecular weight is 1120 g/mol. The summed E-state index contributed by atoms with van der Waals surface area (Å²) >= 11 is 13.8. The molecular weight excluding hydrogens is 1100 g/mol. The third kappa shape index (κ3) is 9.90. The summed E-state index contributed by atoms with van der Waals surface area (Å²) in [6.07, 6.45) is 3.32. The van der Waals surface area contributed by atoms with E-state index in [-0.39, 0.29) is 18.5 Å². The van der Waals surface area contributed by atoms with Crippen LogP contribution in [0.1, 0.15) is 62.7 Å². The molecule has 0 aliphatic carbocycles. The molecule has 0 spiro atoms. The van der Waals surface area contributed by atoms with Crippen LogP contribution in [0.15, 0.2) is 24.3 Å². The van der Waals surface area contributed by atoms with E-state index in [1.807, 2.05) is 6.07 Å². The van der Waals surface area contributed by atoms with Crippen LogP contribution in [0.4, 0.5) is 0 Å². The van der Waals surface area contributed by atoms with Crippen LogP contribution in [-0.2, 0) is 9.47 Å². The number of carbonyl (C=O) groups excluding carboxylic acids is 1. The van der Waals surface area contributed by atoms with Gasteiger partial charge >= 0.3 is 0 Å². The maximum absolute atomic E-state index is 10.5. The third-order valence-corrected chi connectivity index (χ3v) is 12.4. The van der Waals surface area contributed by atoms with Gasteiger partial charge in [-0.2, -0.15) is 0 Å². The molecule has 0 aromatic heterocycles. The lowest BCUT2D eigenvalue weighted by Gasteiger charge is -2.38. The quantitative estimate of drug-likeness (QED) is 0.170. The highest BCUT2D eigenvalue weighted by molar-refractivity contribution is 14.1. The fraction of sp³-hybridized carbons (Fsp3) is 0.458. The first kappa shape index (κ1) is 31.6. The Morgan fingerprint density at radius 1 is 0.879 bits per heavy atom. The SMILES string of the molecule is CC(C)CC1CC(C(C)C)OC(c2cc(I)cc(I)c2I)O1.O=Cc1cc(I)cc(I)c1I. The Balaban J connectivity index is 0.000000294. The van der Waals surface area contributed by atoms with Gasteiger partial charge in [0, 0.05) is 39.0 Å². The summed E-state index contributed by atoms with van der Waals surface area (Å²) in [4.78, 5) is 10.5. The van der Waals surface area contributed by atoms with Crippen LogP contribution in [0.3, 0.4) is 0 Å². The van der Waals surface area contributed by atoms with E-state index in [1.54, 1.807) is 0 Å². The number of hydrogen-bond acceptors (Lipinski definition) is 3. The highest BCUT2D eigenvalue weighted by atomic mass is 127. The number of carbonyl (C=O) groups is 1. The van der Waals surface area contributed by atoms with Gasteiger partial charge in [0.2, 0.25) is 0 Å². The average Bonchev–Trinajstić information content (AvgIpc) is 2.73. The van der Waals surface area contributed by atoms with Crippen molar-refractivity contribution in [3.63, 3.8) is 0 Å². The van der Waals surface area contributed by atoms with Gasteiger partial charge in [0.25, 0.3) is 0 Å². The van der Waals surface area contributed by atoms with E-state index in [4.69, 9.17) is 9.47 Å². The van der Waals surface area contributed by atoms with Gasteiger partial charge in [0.1, 0.15) is 0 Å². The molecule has 2 aromatic carbocycles.